The van der Waals surface area contributed by atoms with E-state index < -0.39 is 29.0 Å². The number of alkyl halides is 3. The van der Waals surface area contributed by atoms with E-state index in [0.717, 1.165) is 25.7 Å². The van der Waals surface area contributed by atoms with Gasteiger partial charge in [0, 0.05) is 6.04 Å². The number of benzene rings is 1. The molecule has 1 aromatic carbocycles. The summed E-state index contributed by atoms with van der Waals surface area (Å²) in [6.07, 6.45) is -0.837. The van der Waals surface area contributed by atoms with Crippen LogP contribution in [0.4, 0.5) is 17.6 Å². The zero-order chi connectivity index (χ0) is 15.6. The van der Waals surface area contributed by atoms with Crippen molar-refractivity contribution in [2.45, 2.75) is 44.8 Å². The highest BCUT2D eigenvalue weighted by atomic mass is 19.4. The third-order valence-electron chi connectivity index (χ3n) is 3.97. The number of carbonyl (C=O) groups is 1. The molecule has 0 heterocycles. The molecule has 1 aromatic rings. The second-order valence-electron chi connectivity index (χ2n) is 5.53. The standard InChI is InChI=1S/C15H17F4NO/c1-9-4-2-3-5-13(9)20-14(21)11-8-10(15(17,18)19)6-7-12(11)16/h6-9,13H,2-5H2,1H3,(H,20,21). The first kappa shape index (κ1) is 15.8. The fourth-order valence-electron chi connectivity index (χ4n) is 2.65. The Kier molecular flexibility index (Phi) is 4.54. The topological polar surface area (TPSA) is 29.1 Å². The molecule has 1 fully saturated rings. The Morgan fingerprint density at radius 1 is 1.24 bits per heavy atom. The summed E-state index contributed by atoms with van der Waals surface area (Å²) in [6, 6.07) is 1.77. The highest BCUT2D eigenvalue weighted by Gasteiger charge is 2.32. The molecular formula is C15H17F4NO. The molecule has 1 N–H and O–H groups in total. The van der Waals surface area contributed by atoms with Crippen LogP contribution in [-0.4, -0.2) is 11.9 Å². The van der Waals surface area contributed by atoms with Gasteiger partial charge in [0.25, 0.3) is 5.91 Å². The van der Waals surface area contributed by atoms with Crippen LogP contribution in [0.15, 0.2) is 18.2 Å². The average molecular weight is 303 g/mol. The van der Waals surface area contributed by atoms with E-state index in [0.29, 0.717) is 18.2 Å². The van der Waals surface area contributed by atoms with Gasteiger partial charge in [-0.25, -0.2) is 4.39 Å². The van der Waals surface area contributed by atoms with Crippen molar-refractivity contribution in [3.63, 3.8) is 0 Å². The van der Waals surface area contributed by atoms with E-state index in [1.807, 2.05) is 6.92 Å². The highest BCUT2D eigenvalue weighted by molar-refractivity contribution is 5.94. The second-order valence-corrected chi connectivity index (χ2v) is 5.53. The molecule has 1 aliphatic carbocycles. The molecule has 116 valence electrons. The van der Waals surface area contributed by atoms with Crippen molar-refractivity contribution in [1.82, 2.24) is 5.32 Å². The fraction of sp³-hybridized carbons (Fsp3) is 0.533. The average Bonchev–Trinajstić information content (AvgIpc) is 2.40. The smallest absolute Gasteiger partial charge is 0.349 e. The molecule has 0 aromatic heterocycles. The third-order valence-corrected chi connectivity index (χ3v) is 3.97. The number of hydrogen-bond donors (Lipinski definition) is 1. The van der Waals surface area contributed by atoms with Crippen LogP contribution in [-0.2, 0) is 6.18 Å². The van der Waals surface area contributed by atoms with Gasteiger partial charge in [-0.05, 0) is 37.0 Å². The van der Waals surface area contributed by atoms with Gasteiger partial charge in [-0.2, -0.15) is 13.2 Å². The summed E-state index contributed by atoms with van der Waals surface area (Å²) in [4.78, 5) is 12.0. The van der Waals surface area contributed by atoms with E-state index in [1.54, 1.807) is 0 Å². The monoisotopic (exact) mass is 303 g/mol. The summed E-state index contributed by atoms with van der Waals surface area (Å²) >= 11 is 0. The summed E-state index contributed by atoms with van der Waals surface area (Å²) in [7, 11) is 0. The molecule has 1 amide bonds. The van der Waals surface area contributed by atoms with Crippen molar-refractivity contribution in [3.8, 4) is 0 Å². The quantitative estimate of drug-likeness (QED) is 0.817. The van der Waals surface area contributed by atoms with Crippen molar-refractivity contribution in [3.05, 3.63) is 35.1 Å². The molecule has 1 saturated carbocycles. The molecule has 1 aliphatic rings. The van der Waals surface area contributed by atoms with Crippen molar-refractivity contribution in [1.29, 1.82) is 0 Å². The molecule has 2 unspecified atom stereocenters. The molecule has 0 radical (unpaired) electrons. The Labute approximate surface area is 120 Å². The van der Waals surface area contributed by atoms with Gasteiger partial charge in [-0.1, -0.05) is 19.8 Å². The van der Waals surface area contributed by atoms with E-state index >= 15 is 0 Å². The Bertz CT molecular complexity index is 527. The van der Waals surface area contributed by atoms with Gasteiger partial charge in [0.1, 0.15) is 5.82 Å². The van der Waals surface area contributed by atoms with Crippen molar-refractivity contribution >= 4 is 5.91 Å². The van der Waals surface area contributed by atoms with Gasteiger partial charge in [0.2, 0.25) is 0 Å². The first-order valence-corrected chi connectivity index (χ1v) is 6.96. The minimum atomic E-state index is -4.60. The summed E-state index contributed by atoms with van der Waals surface area (Å²) in [5.41, 5.74) is -1.58. The van der Waals surface area contributed by atoms with Gasteiger partial charge >= 0.3 is 6.18 Å². The molecular weight excluding hydrogens is 286 g/mol. The first-order chi connectivity index (χ1) is 9.79. The summed E-state index contributed by atoms with van der Waals surface area (Å²) in [5, 5.41) is 2.66. The lowest BCUT2D eigenvalue weighted by molar-refractivity contribution is -0.137. The molecule has 0 bridgehead atoms. The number of amides is 1. The molecule has 0 spiro atoms. The van der Waals surface area contributed by atoms with Crippen LogP contribution in [0.2, 0.25) is 0 Å². The van der Waals surface area contributed by atoms with Crippen molar-refractivity contribution in [2.24, 2.45) is 5.92 Å². The summed E-state index contributed by atoms with van der Waals surface area (Å²) in [5.74, 6) is -1.47. The normalized spacial score (nSPS) is 22.9. The molecule has 0 aliphatic heterocycles. The summed E-state index contributed by atoms with van der Waals surface area (Å²) < 4.78 is 51.5. The number of nitrogens with one attached hydrogen (secondary N) is 1. The minimum absolute atomic E-state index is 0.111. The maximum Gasteiger partial charge on any atom is 0.416 e. The number of halogens is 4. The fourth-order valence-corrected chi connectivity index (χ4v) is 2.65. The van der Waals surface area contributed by atoms with Crippen LogP contribution < -0.4 is 5.32 Å². The maximum atomic E-state index is 13.6. The largest absolute Gasteiger partial charge is 0.416 e. The first-order valence-electron chi connectivity index (χ1n) is 6.96. The predicted molar refractivity (Wildman–Crippen MR) is 70.3 cm³/mol. The van der Waals surface area contributed by atoms with E-state index in [2.05, 4.69) is 5.32 Å². The third kappa shape index (κ3) is 3.74. The molecule has 21 heavy (non-hydrogen) atoms. The van der Waals surface area contributed by atoms with Crippen LogP contribution >= 0.6 is 0 Å². The Morgan fingerprint density at radius 2 is 1.90 bits per heavy atom. The number of hydrogen-bond acceptors (Lipinski definition) is 1. The van der Waals surface area contributed by atoms with E-state index in [9.17, 15) is 22.4 Å². The highest BCUT2D eigenvalue weighted by Crippen LogP contribution is 2.30. The maximum absolute atomic E-state index is 13.6. The van der Waals surface area contributed by atoms with Gasteiger partial charge in [-0.15, -0.1) is 0 Å². The molecule has 0 saturated heterocycles. The van der Waals surface area contributed by atoms with Gasteiger partial charge in [0.15, 0.2) is 0 Å². The second kappa shape index (κ2) is 6.03. The molecule has 6 heteroatoms. The minimum Gasteiger partial charge on any atom is -0.349 e. The molecule has 2 nitrogen and oxygen atoms in total. The zero-order valence-electron chi connectivity index (χ0n) is 11.6. The lowest BCUT2D eigenvalue weighted by Gasteiger charge is -2.29. The lowest BCUT2D eigenvalue weighted by Crippen LogP contribution is -2.41. The van der Waals surface area contributed by atoms with E-state index in [1.165, 1.54) is 0 Å². The van der Waals surface area contributed by atoms with Gasteiger partial charge in [-0.3, -0.25) is 4.79 Å². The Balaban J connectivity index is 2.18. The zero-order valence-corrected chi connectivity index (χ0v) is 11.6. The van der Waals surface area contributed by atoms with Crippen molar-refractivity contribution in [2.75, 3.05) is 0 Å². The van der Waals surface area contributed by atoms with Crippen LogP contribution in [0.5, 0.6) is 0 Å². The van der Waals surface area contributed by atoms with E-state index in [4.69, 9.17) is 0 Å². The van der Waals surface area contributed by atoms with Crippen LogP contribution in [0.25, 0.3) is 0 Å². The molecule has 2 rings (SSSR count). The van der Waals surface area contributed by atoms with Crippen LogP contribution in [0.3, 0.4) is 0 Å². The Hall–Kier alpha value is -1.59. The van der Waals surface area contributed by atoms with Crippen molar-refractivity contribution < 1.29 is 22.4 Å². The number of carbonyl (C=O) groups excluding carboxylic acids is 1. The number of rotatable bonds is 2. The Morgan fingerprint density at radius 3 is 2.52 bits per heavy atom. The SMILES string of the molecule is CC1CCCCC1NC(=O)c1cc(C(F)(F)F)ccc1F. The lowest BCUT2D eigenvalue weighted by atomic mass is 9.86. The van der Waals surface area contributed by atoms with Gasteiger partial charge in [0.05, 0.1) is 11.1 Å². The summed E-state index contributed by atoms with van der Waals surface area (Å²) in [6.45, 7) is 1.98. The van der Waals surface area contributed by atoms with Crippen LogP contribution in [0.1, 0.15) is 48.5 Å². The van der Waals surface area contributed by atoms with E-state index in [-0.39, 0.29) is 12.0 Å². The molecule has 2 atom stereocenters. The predicted octanol–water partition coefficient (Wildman–Crippen LogP) is 4.15. The van der Waals surface area contributed by atoms with Gasteiger partial charge < -0.3 is 5.32 Å². The van der Waals surface area contributed by atoms with Crippen LogP contribution in [0, 0.1) is 11.7 Å².